The van der Waals surface area contributed by atoms with Crippen molar-refractivity contribution in [1.82, 2.24) is 9.80 Å². The van der Waals surface area contributed by atoms with E-state index in [9.17, 15) is 4.79 Å². The van der Waals surface area contributed by atoms with E-state index in [0.717, 1.165) is 32.5 Å². The molecular formula is C12H25N3O. The molecule has 1 rings (SSSR count). The molecule has 2 atom stereocenters. The van der Waals surface area contributed by atoms with Gasteiger partial charge in [-0.2, -0.15) is 0 Å². The number of hydrogen-bond acceptors (Lipinski definition) is 3. The van der Waals surface area contributed by atoms with Crippen LogP contribution in [0.1, 0.15) is 26.7 Å². The number of amides is 1. The SMILES string of the molecule is CC(CCCN)C(=O)N1CCN(C)C(C)C1. The van der Waals surface area contributed by atoms with Crippen molar-refractivity contribution in [3.63, 3.8) is 0 Å². The normalized spacial score (nSPS) is 24.5. The number of piperazine rings is 1. The summed E-state index contributed by atoms with van der Waals surface area (Å²) in [7, 11) is 2.12. The third-order valence-electron chi connectivity index (χ3n) is 3.53. The van der Waals surface area contributed by atoms with Gasteiger partial charge >= 0.3 is 0 Å². The van der Waals surface area contributed by atoms with Crippen LogP contribution >= 0.6 is 0 Å². The smallest absolute Gasteiger partial charge is 0.225 e. The van der Waals surface area contributed by atoms with Gasteiger partial charge in [-0.1, -0.05) is 6.92 Å². The first kappa shape index (κ1) is 13.5. The van der Waals surface area contributed by atoms with Gasteiger partial charge in [-0.05, 0) is 33.4 Å². The van der Waals surface area contributed by atoms with Gasteiger partial charge in [0, 0.05) is 31.6 Å². The summed E-state index contributed by atoms with van der Waals surface area (Å²) in [6.45, 7) is 7.58. The van der Waals surface area contributed by atoms with Crippen LogP contribution in [-0.2, 0) is 4.79 Å². The summed E-state index contributed by atoms with van der Waals surface area (Å²) in [5.41, 5.74) is 5.46. The predicted molar refractivity (Wildman–Crippen MR) is 66.1 cm³/mol. The zero-order valence-electron chi connectivity index (χ0n) is 10.8. The van der Waals surface area contributed by atoms with Crippen molar-refractivity contribution in [2.45, 2.75) is 32.7 Å². The number of carbonyl (C=O) groups excluding carboxylic acids is 1. The molecule has 0 aromatic heterocycles. The highest BCUT2D eigenvalue weighted by Gasteiger charge is 2.26. The summed E-state index contributed by atoms with van der Waals surface area (Å²) in [4.78, 5) is 16.4. The molecule has 94 valence electrons. The Hall–Kier alpha value is -0.610. The molecule has 0 bridgehead atoms. The fraction of sp³-hybridized carbons (Fsp3) is 0.917. The Morgan fingerprint density at radius 1 is 1.50 bits per heavy atom. The van der Waals surface area contributed by atoms with E-state index in [-0.39, 0.29) is 5.92 Å². The molecule has 1 heterocycles. The summed E-state index contributed by atoms with van der Waals surface area (Å²) in [5.74, 6) is 0.424. The third kappa shape index (κ3) is 3.46. The first-order chi connectivity index (χ1) is 7.56. The number of likely N-dealkylation sites (N-methyl/N-ethyl adjacent to an activating group) is 1. The monoisotopic (exact) mass is 227 g/mol. The molecule has 4 heteroatoms. The minimum atomic E-state index is 0.124. The number of rotatable bonds is 4. The van der Waals surface area contributed by atoms with Crippen LogP contribution in [0.5, 0.6) is 0 Å². The molecule has 1 aliphatic rings. The van der Waals surface area contributed by atoms with Crippen molar-refractivity contribution in [3.8, 4) is 0 Å². The minimum Gasteiger partial charge on any atom is -0.340 e. The van der Waals surface area contributed by atoms with E-state index in [1.54, 1.807) is 0 Å². The molecule has 1 saturated heterocycles. The lowest BCUT2D eigenvalue weighted by Crippen LogP contribution is -2.53. The summed E-state index contributed by atoms with van der Waals surface area (Å²) in [6, 6.07) is 0.472. The third-order valence-corrected chi connectivity index (χ3v) is 3.53. The second-order valence-corrected chi connectivity index (χ2v) is 4.95. The predicted octanol–water partition coefficient (Wildman–Crippen LogP) is 0.524. The van der Waals surface area contributed by atoms with Crippen LogP contribution in [0.2, 0.25) is 0 Å². The molecule has 0 aromatic rings. The summed E-state index contributed by atoms with van der Waals surface area (Å²) in [5, 5.41) is 0. The number of hydrogen-bond donors (Lipinski definition) is 1. The zero-order chi connectivity index (χ0) is 12.1. The quantitative estimate of drug-likeness (QED) is 0.762. The van der Waals surface area contributed by atoms with Crippen LogP contribution in [0.3, 0.4) is 0 Å². The molecule has 1 amide bonds. The molecule has 1 aliphatic heterocycles. The second-order valence-electron chi connectivity index (χ2n) is 4.95. The van der Waals surface area contributed by atoms with E-state index in [1.165, 1.54) is 0 Å². The van der Waals surface area contributed by atoms with Crippen LogP contribution in [0.25, 0.3) is 0 Å². The Morgan fingerprint density at radius 2 is 2.19 bits per heavy atom. The molecule has 2 unspecified atom stereocenters. The van der Waals surface area contributed by atoms with Crippen molar-refractivity contribution in [3.05, 3.63) is 0 Å². The number of nitrogens with two attached hydrogens (primary N) is 1. The van der Waals surface area contributed by atoms with Gasteiger partial charge in [0.05, 0.1) is 0 Å². The van der Waals surface area contributed by atoms with Gasteiger partial charge in [0.15, 0.2) is 0 Å². The Morgan fingerprint density at radius 3 is 2.75 bits per heavy atom. The molecule has 0 aromatic carbocycles. The van der Waals surface area contributed by atoms with Crippen molar-refractivity contribution in [2.24, 2.45) is 11.7 Å². The van der Waals surface area contributed by atoms with Crippen LogP contribution < -0.4 is 5.73 Å². The maximum atomic E-state index is 12.1. The van der Waals surface area contributed by atoms with Gasteiger partial charge < -0.3 is 15.5 Å². The van der Waals surface area contributed by atoms with E-state index in [0.29, 0.717) is 18.5 Å². The van der Waals surface area contributed by atoms with E-state index in [2.05, 4.69) is 18.9 Å². The lowest BCUT2D eigenvalue weighted by Gasteiger charge is -2.38. The Balaban J connectivity index is 2.42. The maximum absolute atomic E-state index is 12.1. The molecular weight excluding hydrogens is 202 g/mol. The molecule has 0 spiro atoms. The average Bonchev–Trinajstić information content (AvgIpc) is 2.28. The van der Waals surface area contributed by atoms with E-state index >= 15 is 0 Å². The van der Waals surface area contributed by atoms with E-state index in [4.69, 9.17) is 5.73 Å². The largest absolute Gasteiger partial charge is 0.340 e. The Bertz CT molecular complexity index is 232. The number of nitrogens with zero attached hydrogens (tertiary/aromatic N) is 2. The molecule has 0 radical (unpaired) electrons. The molecule has 4 nitrogen and oxygen atoms in total. The summed E-state index contributed by atoms with van der Waals surface area (Å²) < 4.78 is 0. The Kier molecular flexibility index (Phi) is 5.22. The summed E-state index contributed by atoms with van der Waals surface area (Å²) in [6.07, 6.45) is 1.85. The lowest BCUT2D eigenvalue weighted by molar-refractivity contribution is -0.137. The van der Waals surface area contributed by atoms with Crippen molar-refractivity contribution >= 4 is 5.91 Å². The molecule has 0 aliphatic carbocycles. The fourth-order valence-corrected chi connectivity index (χ4v) is 2.11. The summed E-state index contributed by atoms with van der Waals surface area (Å²) >= 11 is 0. The fourth-order valence-electron chi connectivity index (χ4n) is 2.11. The van der Waals surface area contributed by atoms with E-state index in [1.807, 2.05) is 11.8 Å². The zero-order valence-corrected chi connectivity index (χ0v) is 10.8. The van der Waals surface area contributed by atoms with Crippen LogP contribution in [0, 0.1) is 5.92 Å². The van der Waals surface area contributed by atoms with Crippen LogP contribution in [0.4, 0.5) is 0 Å². The standard InChI is InChI=1S/C12H25N3O/c1-10(5-4-6-13)12(16)15-8-7-14(3)11(2)9-15/h10-11H,4-9,13H2,1-3H3. The average molecular weight is 227 g/mol. The van der Waals surface area contributed by atoms with Gasteiger partial charge in [-0.25, -0.2) is 0 Å². The molecule has 1 fully saturated rings. The van der Waals surface area contributed by atoms with Gasteiger partial charge in [0.25, 0.3) is 0 Å². The van der Waals surface area contributed by atoms with Crippen LogP contribution in [-0.4, -0.2) is 55.0 Å². The van der Waals surface area contributed by atoms with Crippen molar-refractivity contribution < 1.29 is 4.79 Å². The maximum Gasteiger partial charge on any atom is 0.225 e. The molecule has 0 saturated carbocycles. The Labute approximate surface area is 98.8 Å². The van der Waals surface area contributed by atoms with E-state index < -0.39 is 0 Å². The lowest BCUT2D eigenvalue weighted by atomic mass is 10.0. The highest BCUT2D eigenvalue weighted by Crippen LogP contribution is 2.14. The van der Waals surface area contributed by atoms with Gasteiger partial charge in [0.1, 0.15) is 0 Å². The first-order valence-corrected chi connectivity index (χ1v) is 6.25. The van der Waals surface area contributed by atoms with Gasteiger partial charge in [-0.15, -0.1) is 0 Å². The molecule has 16 heavy (non-hydrogen) atoms. The second kappa shape index (κ2) is 6.21. The first-order valence-electron chi connectivity index (χ1n) is 6.25. The van der Waals surface area contributed by atoms with Crippen LogP contribution in [0.15, 0.2) is 0 Å². The van der Waals surface area contributed by atoms with Gasteiger partial charge in [0.2, 0.25) is 5.91 Å². The highest BCUT2D eigenvalue weighted by atomic mass is 16.2. The van der Waals surface area contributed by atoms with Gasteiger partial charge in [-0.3, -0.25) is 4.79 Å². The highest BCUT2D eigenvalue weighted by molar-refractivity contribution is 5.78. The molecule has 2 N–H and O–H groups in total. The van der Waals surface area contributed by atoms with Crippen molar-refractivity contribution in [1.29, 1.82) is 0 Å². The van der Waals surface area contributed by atoms with Crippen molar-refractivity contribution in [2.75, 3.05) is 33.2 Å². The topological polar surface area (TPSA) is 49.6 Å². The minimum absolute atomic E-state index is 0.124. The number of carbonyl (C=O) groups is 1.